The second-order valence-corrected chi connectivity index (χ2v) is 5.45. The highest BCUT2D eigenvalue weighted by Crippen LogP contribution is 2.21. The first kappa shape index (κ1) is 15.9. The van der Waals surface area contributed by atoms with Crippen molar-refractivity contribution in [2.45, 2.75) is 0 Å². The van der Waals surface area contributed by atoms with Gasteiger partial charge in [-0.25, -0.2) is 5.43 Å². The van der Waals surface area contributed by atoms with Crippen molar-refractivity contribution in [3.63, 3.8) is 0 Å². The average Bonchev–Trinajstić information content (AvgIpc) is 2.49. The fourth-order valence-corrected chi connectivity index (χ4v) is 1.94. The van der Waals surface area contributed by atoms with Crippen LogP contribution in [0.1, 0.15) is 15.9 Å². The molecule has 0 saturated carbocycles. The summed E-state index contributed by atoms with van der Waals surface area (Å²) in [6.45, 7) is 0. The lowest BCUT2D eigenvalue weighted by Crippen LogP contribution is -2.17. The molecule has 0 atom stereocenters. The van der Waals surface area contributed by atoms with Crippen molar-refractivity contribution >= 4 is 40.4 Å². The lowest BCUT2D eigenvalue weighted by atomic mass is 10.2. The zero-order valence-corrected chi connectivity index (χ0v) is 13.2. The van der Waals surface area contributed by atoms with E-state index < -0.39 is 10.8 Å². The number of phenols is 1. The highest BCUT2D eigenvalue weighted by Gasteiger charge is 2.09. The Bertz CT molecular complexity index is 744. The van der Waals surface area contributed by atoms with Gasteiger partial charge in [-0.05, 0) is 52.9 Å². The van der Waals surface area contributed by atoms with Gasteiger partial charge in [-0.3, -0.25) is 14.9 Å². The summed E-state index contributed by atoms with van der Waals surface area (Å²) in [4.78, 5) is 21.9. The third-order valence-corrected chi connectivity index (χ3v) is 3.42. The lowest BCUT2D eigenvalue weighted by Gasteiger charge is -2.01. The maximum atomic E-state index is 11.8. The summed E-state index contributed by atoms with van der Waals surface area (Å²) in [6.07, 6.45) is 1.15. The van der Waals surface area contributed by atoms with E-state index >= 15 is 0 Å². The van der Waals surface area contributed by atoms with Crippen molar-refractivity contribution in [2.75, 3.05) is 0 Å². The fraction of sp³-hybridized carbons (Fsp3) is 0. The monoisotopic (exact) mass is 411 g/mol. The Hall–Kier alpha value is -2.49. The number of carbonyl (C=O) groups is 1. The van der Waals surface area contributed by atoms with Crippen LogP contribution in [0.4, 0.5) is 5.69 Å². The van der Waals surface area contributed by atoms with Gasteiger partial charge in [0.2, 0.25) is 0 Å². The van der Waals surface area contributed by atoms with E-state index in [0.717, 1.165) is 15.9 Å². The molecule has 0 aromatic heterocycles. The van der Waals surface area contributed by atoms with Gasteiger partial charge in [0.05, 0.1) is 11.1 Å². The highest BCUT2D eigenvalue weighted by atomic mass is 127. The number of halogens is 1. The number of hydrogen-bond acceptors (Lipinski definition) is 5. The quantitative estimate of drug-likeness (QED) is 0.349. The third kappa shape index (κ3) is 4.01. The first-order valence-corrected chi connectivity index (χ1v) is 7.11. The van der Waals surface area contributed by atoms with Gasteiger partial charge in [-0.15, -0.1) is 0 Å². The second-order valence-electron chi connectivity index (χ2n) is 4.21. The number of amides is 1. The zero-order valence-electron chi connectivity index (χ0n) is 11.1. The summed E-state index contributed by atoms with van der Waals surface area (Å²) in [5, 5.41) is 24.0. The molecule has 2 aromatic carbocycles. The number of aromatic hydroxyl groups is 1. The van der Waals surface area contributed by atoms with E-state index in [1.807, 2.05) is 0 Å². The number of nitro benzene ring substituents is 1. The maximum Gasteiger partial charge on any atom is 0.271 e. The molecule has 0 radical (unpaired) electrons. The minimum absolute atomic E-state index is 0.136. The molecule has 0 heterocycles. The minimum Gasteiger partial charge on any atom is -0.507 e. The molecular formula is C14H10IN3O4. The number of benzene rings is 2. The number of hydrogen-bond donors (Lipinski definition) is 2. The molecule has 0 aliphatic heterocycles. The SMILES string of the molecule is O=C(N/N=C\c1cc([N+](=O)[O-])ccc1O)c1ccc(I)cc1. The van der Waals surface area contributed by atoms with Crippen molar-refractivity contribution in [1.82, 2.24) is 5.43 Å². The van der Waals surface area contributed by atoms with E-state index in [0.29, 0.717) is 5.56 Å². The van der Waals surface area contributed by atoms with Gasteiger partial charge in [0.1, 0.15) is 5.75 Å². The molecule has 0 aliphatic carbocycles. The maximum absolute atomic E-state index is 11.8. The molecule has 0 unspecified atom stereocenters. The molecule has 2 rings (SSSR count). The molecular weight excluding hydrogens is 401 g/mol. The van der Waals surface area contributed by atoms with Gasteiger partial charge in [0.25, 0.3) is 11.6 Å². The van der Waals surface area contributed by atoms with Crippen LogP contribution in [0.5, 0.6) is 5.75 Å². The van der Waals surface area contributed by atoms with Gasteiger partial charge in [0.15, 0.2) is 0 Å². The number of nitro groups is 1. The summed E-state index contributed by atoms with van der Waals surface area (Å²) >= 11 is 2.12. The summed E-state index contributed by atoms with van der Waals surface area (Å²) in [7, 11) is 0. The number of phenolic OH excluding ortho intramolecular Hbond substituents is 1. The van der Waals surface area contributed by atoms with E-state index in [4.69, 9.17) is 0 Å². The van der Waals surface area contributed by atoms with Gasteiger partial charge >= 0.3 is 0 Å². The van der Waals surface area contributed by atoms with Crippen LogP contribution in [-0.2, 0) is 0 Å². The van der Waals surface area contributed by atoms with Crippen LogP contribution in [-0.4, -0.2) is 22.2 Å². The van der Waals surface area contributed by atoms with Crippen molar-refractivity contribution < 1.29 is 14.8 Å². The zero-order chi connectivity index (χ0) is 16.1. The van der Waals surface area contributed by atoms with Crippen molar-refractivity contribution in [2.24, 2.45) is 5.10 Å². The van der Waals surface area contributed by atoms with E-state index in [9.17, 15) is 20.0 Å². The van der Waals surface area contributed by atoms with Crippen molar-refractivity contribution in [3.8, 4) is 5.75 Å². The predicted molar refractivity (Wildman–Crippen MR) is 89.0 cm³/mol. The molecule has 2 aromatic rings. The Morgan fingerprint density at radius 2 is 1.95 bits per heavy atom. The van der Waals surface area contributed by atoms with Crippen LogP contribution in [0.25, 0.3) is 0 Å². The van der Waals surface area contributed by atoms with Crippen LogP contribution >= 0.6 is 22.6 Å². The molecule has 0 aliphatic rings. The number of hydrazone groups is 1. The molecule has 0 fully saturated rings. The number of carbonyl (C=O) groups excluding carboxylic acids is 1. The predicted octanol–water partition coefficient (Wildman–Crippen LogP) is 2.67. The summed E-state index contributed by atoms with van der Waals surface area (Å²) in [6, 6.07) is 10.4. The largest absolute Gasteiger partial charge is 0.507 e. The molecule has 7 nitrogen and oxygen atoms in total. The van der Waals surface area contributed by atoms with E-state index in [1.54, 1.807) is 24.3 Å². The van der Waals surface area contributed by atoms with Crippen LogP contribution in [0, 0.1) is 13.7 Å². The summed E-state index contributed by atoms with van der Waals surface area (Å²) in [5.41, 5.74) is 2.68. The van der Waals surface area contributed by atoms with E-state index in [2.05, 4.69) is 33.1 Å². The Morgan fingerprint density at radius 3 is 2.59 bits per heavy atom. The number of nitrogens with zero attached hydrogens (tertiary/aromatic N) is 2. The Labute approximate surface area is 139 Å². The van der Waals surface area contributed by atoms with E-state index in [1.165, 1.54) is 12.1 Å². The number of non-ortho nitro benzene ring substituents is 1. The molecule has 2 N–H and O–H groups in total. The van der Waals surface area contributed by atoms with Crippen molar-refractivity contribution in [1.29, 1.82) is 0 Å². The normalized spacial score (nSPS) is 10.6. The van der Waals surface area contributed by atoms with Crippen LogP contribution in [0.2, 0.25) is 0 Å². The standard InChI is InChI=1S/C14H10IN3O4/c15-11-3-1-9(2-4-11)14(20)17-16-8-10-7-12(18(21)22)5-6-13(10)19/h1-8,19H,(H,17,20)/b16-8-. The Balaban J connectivity index is 2.09. The number of nitrogens with one attached hydrogen (secondary N) is 1. The van der Waals surface area contributed by atoms with Crippen LogP contribution in [0.15, 0.2) is 47.6 Å². The Kier molecular flexibility index (Phi) is 5.04. The number of rotatable bonds is 4. The molecule has 22 heavy (non-hydrogen) atoms. The van der Waals surface area contributed by atoms with Gasteiger partial charge < -0.3 is 5.11 Å². The van der Waals surface area contributed by atoms with E-state index in [-0.39, 0.29) is 17.0 Å². The summed E-state index contributed by atoms with van der Waals surface area (Å²) in [5.74, 6) is -0.588. The van der Waals surface area contributed by atoms with Crippen molar-refractivity contribution in [3.05, 3.63) is 67.3 Å². The molecule has 0 spiro atoms. The van der Waals surface area contributed by atoms with Crippen LogP contribution in [0.3, 0.4) is 0 Å². The second kappa shape index (κ2) is 6.98. The average molecular weight is 411 g/mol. The molecule has 0 saturated heterocycles. The van der Waals surface area contributed by atoms with Crippen LogP contribution < -0.4 is 5.43 Å². The topological polar surface area (TPSA) is 105 Å². The lowest BCUT2D eigenvalue weighted by molar-refractivity contribution is -0.384. The van der Waals surface area contributed by atoms with Gasteiger partial charge in [0, 0.05) is 26.8 Å². The van der Waals surface area contributed by atoms with Gasteiger partial charge in [-0.1, -0.05) is 0 Å². The minimum atomic E-state index is -0.582. The molecule has 8 heteroatoms. The molecule has 0 bridgehead atoms. The summed E-state index contributed by atoms with van der Waals surface area (Å²) < 4.78 is 0.999. The first-order chi connectivity index (χ1) is 10.5. The molecule has 1 amide bonds. The van der Waals surface area contributed by atoms with Gasteiger partial charge in [-0.2, -0.15) is 5.10 Å². The smallest absolute Gasteiger partial charge is 0.271 e. The highest BCUT2D eigenvalue weighted by molar-refractivity contribution is 14.1. The Morgan fingerprint density at radius 1 is 1.27 bits per heavy atom. The molecule has 112 valence electrons. The fourth-order valence-electron chi connectivity index (χ4n) is 1.59. The first-order valence-electron chi connectivity index (χ1n) is 6.04. The third-order valence-electron chi connectivity index (χ3n) is 2.70.